The van der Waals surface area contributed by atoms with Crippen molar-refractivity contribution in [1.82, 2.24) is 19.9 Å². The van der Waals surface area contributed by atoms with Gasteiger partial charge in [-0.05, 0) is 89.7 Å². The number of nitrogens with zero attached hydrogens (tertiary/aromatic N) is 1. The van der Waals surface area contributed by atoms with E-state index in [4.69, 9.17) is 0 Å². The Kier molecular flexibility index (Phi) is 10.7. The van der Waals surface area contributed by atoms with Crippen LogP contribution in [0, 0.1) is 20.8 Å². The summed E-state index contributed by atoms with van der Waals surface area (Å²) in [5.74, 6) is -1.86. The third-order valence-electron chi connectivity index (χ3n) is 9.15. The van der Waals surface area contributed by atoms with Gasteiger partial charge in [0.25, 0.3) is 21.8 Å². The zero-order chi connectivity index (χ0) is 37.0. The molecule has 0 saturated heterocycles. The minimum Gasteiger partial charge on any atom is -0.361 e. The first-order valence-electron chi connectivity index (χ1n) is 16.8. The highest BCUT2D eigenvalue weighted by Crippen LogP contribution is 2.24. The molecule has 2 aromatic heterocycles. The molecule has 266 valence electrons. The van der Waals surface area contributed by atoms with Gasteiger partial charge in [0, 0.05) is 42.6 Å². The Balaban J connectivity index is 1.34. The van der Waals surface area contributed by atoms with Gasteiger partial charge in [-0.1, -0.05) is 77.9 Å². The second-order valence-corrected chi connectivity index (χ2v) is 15.5. The molecule has 3 amide bonds. The molecule has 6 rings (SSSR count). The molecule has 0 aliphatic rings. The predicted molar refractivity (Wildman–Crippen MR) is 206 cm³/mol. The molecule has 0 spiro atoms. The number of amides is 3. The molecule has 3 N–H and O–H groups in total. The monoisotopic (exact) mass is 732 g/mol. The molecule has 6 aromatic rings. The minimum atomic E-state index is -4.28. The van der Waals surface area contributed by atoms with E-state index in [9.17, 15) is 22.8 Å². The molecule has 0 aliphatic carbocycles. The van der Waals surface area contributed by atoms with Crippen LogP contribution in [0.2, 0.25) is 0 Å². The van der Waals surface area contributed by atoms with Crippen LogP contribution in [-0.2, 0) is 32.5 Å². The van der Waals surface area contributed by atoms with Gasteiger partial charge < -0.3 is 15.2 Å². The van der Waals surface area contributed by atoms with Crippen LogP contribution in [-0.4, -0.2) is 55.2 Å². The quantitative estimate of drug-likeness (QED) is 0.129. The highest BCUT2D eigenvalue weighted by molar-refractivity contribution is 7.90. The van der Waals surface area contributed by atoms with Gasteiger partial charge in [-0.3, -0.25) is 14.4 Å². The van der Waals surface area contributed by atoms with Gasteiger partial charge in [-0.25, -0.2) is 13.1 Å². The van der Waals surface area contributed by atoms with Crippen molar-refractivity contribution in [2.75, 3.05) is 7.05 Å². The summed E-state index contributed by atoms with van der Waals surface area (Å²) >= 11 is 1.60. The summed E-state index contributed by atoms with van der Waals surface area (Å²) in [6.07, 6.45) is 1.88. The predicted octanol–water partition coefficient (Wildman–Crippen LogP) is 6.74. The number of aryl methyl sites for hydroxylation is 3. The van der Waals surface area contributed by atoms with Crippen molar-refractivity contribution in [2.24, 2.45) is 0 Å². The number of H-pyrrole nitrogens is 1. The summed E-state index contributed by atoms with van der Waals surface area (Å²) in [7, 11) is -2.71. The van der Waals surface area contributed by atoms with Crippen molar-refractivity contribution < 1.29 is 22.8 Å². The smallest absolute Gasteiger partial charge is 0.264 e. The Hall–Kier alpha value is -5.52. The van der Waals surface area contributed by atoms with Gasteiger partial charge in [0.1, 0.15) is 12.1 Å². The molecule has 0 fully saturated rings. The van der Waals surface area contributed by atoms with E-state index in [1.807, 2.05) is 79.9 Å². The van der Waals surface area contributed by atoms with E-state index in [2.05, 4.69) is 20.4 Å². The fourth-order valence-corrected chi connectivity index (χ4v) is 8.38. The summed E-state index contributed by atoms with van der Waals surface area (Å²) < 4.78 is 29.1. The largest absolute Gasteiger partial charge is 0.361 e. The number of likely N-dealkylation sites (N-methyl/N-ethyl adjacent to an activating group) is 1. The van der Waals surface area contributed by atoms with Gasteiger partial charge in [0.2, 0.25) is 5.91 Å². The molecule has 0 bridgehead atoms. The third kappa shape index (κ3) is 8.17. The molecular weight excluding hydrogens is 693 g/mol. The Labute approximate surface area is 307 Å². The maximum atomic E-state index is 14.5. The lowest BCUT2D eigenvalue weighted by Gasteiger charge is -2.30. The number of hydrogen-bond donors (Lipinski definition) is 3. The summed E-state index contributed by atoms with van der Waals surface area (Å²) in [5.41, 5.74) is 7.18. The highest BCUT2D eigenvalue weighted by Gasteiger charge is 2.33. The fourth-order valence-electron chi connectivity index (χ4n) is 6.45. The Bertz CT molecular complexity index is 2330. The van der Waals surface area contributed by atoms with Crippen LogP contribution in [0.15, 0.2) is 119 Å². The van der Waals surface area contributed by atoms with Crippen LogP contribution in [0.4, 0.5) is 0 Å². The number of fused-ring (bicyclic) bond motifs is 1. The number of hydrogen-bond acceptors (Lipinski definition) is 6. The third-order valence-corrected chi connectivity index (χ3v) is 11.3. The zero-order valence-corrected chi connectivity index (χ0v) is 31.0. The standard InChI is InChI=1S/C41H40N4O5S2/c1-26-19-27(2)21-32(20-26)41(48)45(4)37(22-29-13-15-30(16-14-29)31-17-18-51-25-31)40(47)43-36(23-33-24-42-35-11-7-6-10-34(33)35)39(46)44-52(49,50)38-12-8-5-9-28(38)3/h5-21,24-25,36-37,42H,22-23H2,1-4H3,(H,43,47)(H,44,46)/t36-,37+/m0/s1. The number of rotatable bonds is 12. The average Bonchev–Trinajstić information content (AvgIpc) is 3.80. The Morgan fingerprint density at radius 2 is 1.50 bits per heavy atom. The molecule has 11 heteroatoms. The Morgan fingerprint density at radius 1 is 0.808 bits per heavy atom. The number of aromatic nitrogens is 1. The number of carbonyl (C=O) groups excluding carboxylic acids is 3. The number of para-hydroxylation sites is 1. The number of nitrogens with one attached hydrogen (secondary N) is 3. The number of sulfonamides is 1. The summed E-state index contributed by atoms with van der Waals surface area (Å²) in [6, 6.07) is 26.9. The molecule has 0 saturated carbocycles. The summed E-state index contributed by atoms with van der Waals surface area (Å²) in [6.45, 7) is 5.45. The first-order chi connectivity index (χ1) is 24.9. The van der Waals surface area contributed by atoms with Gasteiger partial charge >= 0.3 is 0 Å². The Morgan fingerprint density at radius 3 is 2.19 bits per heavy atom. The summed E-state index contributed by atoms with van der Waals surface area (Å²) in [4.78, 5) is 47.0. The van der Waals surface area contributed by atoms with Crippen LogP contribution in [0.1, 0.15) is 38.2 Å². The lowest BCUT2D eigenvalue weighted by atomic mass is 9.99. The number of aromatic amines is 1. The molecule has 9 nitrogen and oxygen atoms in total. The zero-order valence-electron chi connectivity index (χ0n) is 29.3. The van der Waals surface area contributed by atoms with Gasteiger partial charge in [0.15, 0.2) is 0 Å². The van der Waals surface area contributed by atoms with Crippen molar-refractivity contribution in [3.8, 4) is 11.1 Å². The van der Waals surface area contributed by atoms with E-state index in [1.165, 1.54) is 11.0 Å². The van der Waals surface area contributed by atoms with Crippen molar-refractivity contribution >= 4 is 50.0 Å². The lowest BCUT2D eigenvalue weighted by Crippen LogP contribution is -2.56. The average molecular weight is 733 g/mol. The molecule has 52 heavy (non-hydrogen) atoms. The minimum absolute atomic E-state index is 0.0122. The second-order valence-electron chi connectivity index (χ2n) is 13.1. The van der Waals surface area contributed by atoms with Gasteiger partial charge in [-0.15, -0.1) is 0 Å². The van der Waals surface area contributed by atoms with Crippen molar-refractivity contribution in [3.63, 3.8) is 0 Å². The molecule has 0 radical (unpaired) electrons. The molecule has 0 aliphatic heterocycles. The molecule has 2 heterocycles. The van der Waals surface area contributed by atoms with E-state index in [-0.39, 0.29) is 23.6 Å². The van der Waals surface area contributed by atoms with E-state index < -0.39 is 33.9 Å². The number of benzene rings is 4. The van der Waals surface area contributed by atoms with Crippen LogP contribution in [0.3, 0.4) is 0 Å². The van der Waals surface area contributed by atoms with Gasteiger partial charge in [0.05, 0.1) is 4.90 Å². The number of thiophene rings is 1. The van der Waals surface area contributed by atoms with Crippen LogP contribution in [0.5, 0.6) is 0 Å². The maximum Gasteiger partial charge on any atom is 0.264 e. The van der Waals surface area contributed by atoms with Crippen molar-refractivity contribution in [2.45, 2.75) is 50.6 Å². The van der Waals surface area contributed by atoms with Crippen LogP contribution >= 0.6 is 11.3 Å². The first kappa shape index (κ1) is 36.3. The normalized spacial score (nSPS) is 12.6. The maximum absolute atomic E-state index is 14.5. The van der Waals surface area contributed by atoms with E-state index in [0.717, 1.165) is 38.7 Å². The SMILES string of the molecule is Cc1cc(C)cc(C(=O)N(C)[C@H](Cc2ccc(-c3ccsc3)cc2)C(=O)N[C@@H](Cc2c[nH]c3ccccc23)C(=O)NS(=O)(=O)c2ccccc2C)c1. The molecular formula is C41H40N4O5S2. The van der Waals surface area contributed by atoms with Crippen molar-refractivity contribution in [3.05, 3.63) is 147 Å². The highest BCUT2D eigenvalue weighted by atomic mass is 32.2. The van der Waals surface area contributed by atoms with E-state index in [0.29, 0.717) is 16.7 Å². The number of carbonyl (C=O) groups is 3. The van der Waals surface area contributed by atoms with E-state index in [1.54, 1.807) is 61.8 Å². The van der Waals surface area contributed by atoms with Crippen molar-refractivity contribution in [1.29, 1.82) is 0 Å². The molecule has 2 atom stereocenters. The first-order valence-corrected chi connectivity index (χ1v) is 19.3. The topological polar surface area (TPSA) is 128 Å². The van der Waals surface area contributed by atoms with Crippen LogP contribution < -0.4 is 10.0 Å². The molecule has 4 aromatic carbocycles. The molecule has 0 unspecified atom stereocenters. The van der Waals surface area contributed by atoms with Gasteiger partial charge in [-0.2, -0.15) is 11.3 Å². The second kappa shape index (κ2) is 15.4. The lowest BCUT2D eigenvalue weighted by molar-refractivity contribution is -0.130. The summed E-state index contributed by atoms with van der Waals surface area (Å²) in [5, 5.41) is 7.75. The fraction of sp³-hybridized carbons (Fsp3) is 0.195. The van der Waals surface area contributed by atoms with E-state index >= 15 is 0 Å². The van der Waals surface area contributed by atoms with Crippen LogP contribution in [0.25, 0.3) is 22.0 Å².